The van der Waals surface area contributed by atoms with Gasteiger partial charge in [-0.25, -0.2) is 27.5 Å². The quantitative estimate of drug-likeness (QED) is 0.430. The number of amides is 1. The number of benzene rings is 1. The van der Waals surface area contributed by atoms with Crippen LogP contribution in [0.2, 0.25) is 0 Å². The molecule has 0 radical (unpaired) electrons. The van der Waals surface area contributed by atoms with E-state index in [1.165, 1.54) is 30.7 Å². The molecular formula is C20H18FN7O3S. The minimum atomic E-state index is -3.20. The lowest BCUT2D eigenvalue weighted by atomic mass is 10.1. The Kier molecular flexibility index (Phi) is 5.77. The highest BCUT2D eigenvalue weighted by atomic mass is 32.2. The number of nitrogens with zero attached hydrogens (tertiary/aromatic N) is 5. The van der Waals surface area contributed by atoms with Crippen molar-refractivity contribution in [1.29, 1.82) is 0 Å². The molecule has 0 aliphatic carbocycles. The Hall–Kier alpha value is -3.93. The predicted molar refractivity (Wildman–Crippen MR) is 115 cm³/mol. The Morgan fingerprint density at radius 2 is 1.78 bits per heavy atom. The van der Waals surface area contributed by atoms with Gasteiger partial charge in [0, 0.05) is 42.3 Å². The van der Waals surface area contributed by atoms with Crippen LogP contribution in [0.15, 0.2) is 55.2 Å². The first kappa shape index (κ1) is 21.3. The van der Waals surface area contributed by atoms with Gasteiger partial charge in [-0.15, -0.1) is 0 Å². The van der Waals surface area contributed by atoms with E-state index < -0.39 is 9.84 Å². The molecule has 4 rings (SSSR count). The van der Waals surface area contributed by atoms with Crippen LogP contribution >= 0.6 is 0 Å². The molecule has 164 valence electrons. The third-order valence-electron chi connectivity index (χ3n) is 4.46. The molecule has 4 aromatic rings. The normalized spacial score (nSPS) is 11.4. The topological polar surface area (TPSA) is 132 Å². The van der Waals surface area contributed by atoms with Crippen molar-refractivity contribution in [2.45, 2.75) is 6.54 Å². The van der Waals surface area contributed by atoms with Gasteiger partial charge in [0.1, 0.15) is 11.7 Å². The monoisotopic (exact) mass is 455 g/mol. The second-order valence-corrected chi connectivity index (χ2v) is 9.14. The number of anilines is 1. The maximum Gasteiger partial charge on any atom is 0.253 e. The van der Waals surface area contributed by atoms with Crippen molar-refractivity contribution in [1.82, 2.24) is 30.0 Å². The number of fused-ring (bicyclic) bond motifs is 1. The van der Waals surface area contributed by atoms with Crippen molar-refractivity contribution in [3.8, 4) is 5.69 Å². The molecule has 0 unspecified atom stereocenters. The molecule has 0 aliphatic heterocycles. The number of halogens is 1. The van der Waals surface area contributed by atoms with Gasteiger partial charge in [0.25, 0.3) is 5.91 Å². The lowest BCUT2D eigenvalue weighted by Gasteiger charge is -2.08. The number of rotatable bonds is 7. The van der Waals surface area contributed by atoms with Crippen LogP contribution in [0.5, 0.6) is 0 Å². The van der Waals surface area contributed by atoms with Crippen LogP contribution in [0.25, 0.3) is 16.6 Å². The van der Waals surface area contributed by atoms with Crippen molar-refractivity contribution in [3.63, 3.8) is 0 Å². The standard InChI is InChI=1S/C20H18FN7O3S/c1-32(30,31)12-26-20-24-7-13(8-25-20)6-23-19(29)17-9-22-11-18-16(17)10-27-28(18)15-4-2-14(21)3-5-15/h2-5,7-11H,6,12H2,1H3,(H,23,29)(H,24,25,26). The van der Waals surface area contributed by atoms with Crippen molar-refractivity contribution in [2.75, 3.05) is 17.4 Å². The van der Waals surface area contributed by atoms with Crippen LogP contribution < -0.4 is 10.6 Å². The Morgan fingerprint density at radius 1 is 1.06 bits per heavy atom. The molecule has 0 atom stereocenters. The van der Waals surface area contributed by atoms with Gasteiger partial charge in [-0.2, -0.15) is 5.10 Å². The van der Waals surface area contributed by atoms with E-state index in [1.807, 2.05) is 0 Å². The maximum absolute atomic E-state index is 13.2. The second kappa shape index (κ2) is 8.67. The molecule has 0 saturated carbocycles. The summed E-state index contributed by atoms with van der Waals surface area (Å²) in [6.45, 7) is 0.160. The smallest absolute Gasteiger partial charge is 0.253 e. The van der Waals surface area contributed by atoms with Crippen LogP contribution in [0, 0.1) is 5.82 Å². The van der Waals surface area contributed by atoms with Gasteiger partial charge in [-0.05, 0) is 24.3 Å². The van der Waals surface area contributed by atoms with E-state index in [0.717, 1.165) is 6.26 Å². The number of carbonyl (C=O) groups is 1. The summed E-state index contributed by atoms with van der Waals surface area (Å²) in [7, 11) is -3.20. The lowest BCUT2D eigenvalue weighted by Crippen LogP contribution is -2.23. The molecule has 0 aliphatic rings. The minimum Gasteiger partial charge on any atom is -0.348 e. The molecule has 2 N–H and O–H groups in total. The molecule has 1 aromatic carbocycles. The maximum atomic E-state index is 13.2. The largest absolute Gasteiger partial charge is 0.348 e. The number of sulfone groups is 1. The van der Waals surface area contributed by atoms with Crippen LogP contribution in [0.4, 0.5) is 10.3 Å². The first-order valence-corrected chi connectivity index (χ1v) is 11.4. The lowest BCUT2D eigenvalue weighted by molar-refractivity contribution is 0.0952. The molecular weight excluding hydrogens is 437 g/mol. The van der Waals surface area contributed by atoms with Crippen molar-refractivity contribution >= 4 is 32.6 Å². The summed E-state index contributed by atoms with van der Waals surface area (Å²) >= 11 is 0. The number of hydrogen-bond donors (Lipinski definition) is 2. The van der Waals surface area contributed by atoms with E-state index in [2.05, 4.69) is 30.7 Å². The fraction of sp³-hybridized carbons (Fsp3) is 0.150. The van der Waals surface area contributed by atoms with E-state index in [-0.39, 0.29) is 30.1 Å². The molecule has 0 fully saturated rings. The third-order valence-corrected chi connectivity index (χ3v) is 5.13. The zero-order valence-electron chi connectivity index (χ0n) is 16.9. The summed E-state index contributed by atoms with van der Waals surface area (Å²) < 4.78 is 37.2. The Bertz CT molecular complexity index is 1370. The summed E-state index contributed by atoms with van der Waals surface area (Å²) in [5.74, 6) is -0.814. The fourth-order valence-electron chi connectivity index (χ4n) is 2.92. The first-order chi connectivity index (χ1) is 15.3. The molecule has 0 bridgehead atoms. The molecule has 32 heavy (non-hydrogen) atoms. The van der Waals surface area contributed by atoms with Gasteiger partial charge >= 0.3 is 0 Å². The molecule has 12 heteroatoms. The zero-order chi connectivity index (χ0) is 22.7. The highest BCUT2D eigenvalue weighted by Gasteiger charge is 2.15. The third kappa shape index (κ3) is 4.86. The number of carbonyl (C=O) groups excluding carboxylic acids is 1. The fourth-order valence-corrected chi connectivity index (χ4v) is 3.31. The Morgan fingerprint density at radius 3 is 2.47 bits per heavy atom. The average molecular weight is 455 g/mol. The predicted octanol–water partition coefficient (Wildman–Crippen LogP) is 1.69. The molecule has 3 aromatic heterocycles. The first-order valence-electron chi connectivity index (χ1n) is 9.38. The van der Waals surface area contributed by atoms with E-state index in [9.17, 15) is 17.6 Å². The Balaban J connectivity index is 1.47. The van der Waals surface area contributed by atoms with Crippen molar-refractivity contribution in [2.24, 2.45) is 0 Å². The molecule has 10 nitrogen and oxygen atoms in total. The highest BCUT2D eigenvalue weighted by molar-refractivity contribution is 7.90. The zero-order valence-corrected chi connectivity index (χ0v) is 17.7. The van der Waals surface area contributed by atoms with Crippen molar-refractivity contribution in [3.05, 3.63) is 72.2 Å². The van der Waals surface area contributed by atoms with Gasteiger partial charge in [0.15, 0.2) is 9.84 Å². The average Bonchev–Trinajstić information content (AvgIpc) is 3.21. The SMILES string of the molecule is CS(=O)(=O)CNc1ncc(CNC(=O)c2cncc3c2cnn3-c2ccc(F)cc2)cn1. The molecule has 3 heterocycles. The van der Waals surface area contributed by atoms with Crippen LogP contribution in [-0.2, 0) is 16.4 Å². The van der Waals surface area contributed by atoms with E-state index >= 15 is 0 Å². The number of pyridine rings is 1. The summed E-state index contributed by atoms with van der Waals surface area (Å²) in [5, 5.41) is 10.3. The molecule has 1 amide bonds. The second-order valence-electron chi connectivity index (χ2n) is 7.00. The van der Waals surface area contributed by atoms with Gasteiger partial charge in [0.2, 0.25) is 5.95 Å². The van der Waals surface area contributed by atoms with Gasteiger partial charge < -0.3 is 10.6 Å². The molecule has 0 spiro atoms. The number of aromatic nitrogens is 5. The highest BCUT2D eigenvalue weighted by Crippen LogP contribution is 2.21. The van der Waals surface area contributed by atoms with Gasteiger partial charge in [-0.1, -0.05) is 0 Å². The number of hydrogen-bond acceptors (Lipinski definition) is 8. The van der Waals surface area contributed by atoms with Gasteiger partial charge in [0.05, 0.1) is 29.2 Å². The van der Waals surface area contributed by atoms with E-state index in [0.29, 0.717) is 27.7 Å². The van der Waals surface area contributed by atoms with E-state index in [1.54, 1.807) is 29.2 Å². The van der Waals surface area contributed by atoms with Crippen LogP contribution in [0.1, 0.15) is 15.9 Å². The molecule has 0 saturated heterocycles. The summed E-state index contributed by atoms with van der Waals surface area (Å²) in [5.41, 5.74) is 2.21. The Labute approximate surface area is 182 Å². The van der Waals surface area contributed by atoms with Crippen molar-refractivity contribution < 1.29 is 17.6 Å². The summed E-state index contributed by atoms with van der Waals surface area (Å²) in [4.78, 5) is 25.0. The van der Waals surface area contributed by atoms with Gasteiger partial charge in [-0.3, -0.25) is 9.78 Å². The summed E-state index contributed by atoms with van der Waals surface area (Å²) in [6.07, 6.45) is 8.66. The minimum absolute atomic E-state index is 0.160. The van der Waals surface area contributed by atoms with Crippen LogP contribution in [0.3, 0.4) is 0 Å². The van der Waals surface area contributed by atoms with Crippen LogP contribution in [-0.4, -0.2) is 51.2 Å². The number of nitrogens with one attached hydrogen (secondary N) is 2. The van der Waals surface area contributed by atoms with E-state index in [4.69, 9.17) is 0 Å². The summed E-state index contributed by atoms with van der Waals surface area (Å²) in [6, 6.07) is 5.83.